The molecule has 0 bridgehead atoms. The molecule has 1 amide bonds. The second-order valence-electron chi connectivity index (χ2n) is 6.65. The first-order valence-corrected chi connectivity index (χ1v) is 11.3. The van der Waals surface area contributed by atoms with Crippen molar-refractivity contribution in [2.75, 3.05) is 5.32 Å². The average molecular weight is 487 g/mol. The normalized spacial score (nSPS) is 11.5. The molecule has 0 aliphatic rings. The van der Waals surface area contributed by atoms with Crippen LogP contribution < -0.4 is 9.50 Å². The average Bonchev–Trinajstić information content (AvgIpc) is 2.75. The predicted molar refractivity (Wildman–Crippen MR) is 124 cm³/mol. The van der Waals surface area contributed by atoms with E-state index < -0.39 is 16.0 Å². The van der Waals surface area contributed by atoms with Gasteiger partial charge in [-0.1, -0.05) is 59.1 Å². The Kier molecular flexibility index (Phi) is 7.21. The number of amides is 1. The number of aryl methyl sites for hydroxylation is 1. The van der Waals surface area contributed by atoms with E-state index in [1.165, 1.54) is 30.3 Å². The Balaban J connectivity index is 1.82. The zero-order valence-corrected chi connectivity index (χ0v) is 19.0. The summed E-state index contributed by atoms with van der Waals surface area (Å²) in [5.41, 5.74) is 1.34. The lowest BCUT2D eigenvalue weighted by atomic mass is 10.1. The van der Waals surface area contributed by atoms with E-state index in [4.69, 9.17) is 27.4 Å². The van der Waals surface area contributed by atoms with Crippen molar-refractivity contribution in [3.8, 4) is 11.8 Å². The van der Waals surface area contributed by atoms with Crippen molar-refractivity contribution in [3.05, 3.63) is 93.5 Å². The van der Waals surface area contributed by atoms with Crippen molar-refractivity contribution < 1.29 is 17.4 Å². The molecule has 162 valence electrons. The largest absolute Gasteiger partial charge is 0.379 e. The first-order chi connectivity index (χ1) is 15.2. The van der Waals surface area contributed by atoms with Gasteiger partial charge in [0, 0.05) is 0 Å². The van der Waals surface area contributed by atoms with Crippen LogP contribution in [0.25, 0.3) is 6.08 Å². The minimum atomic E-state index is -4.04. The fourth-order valence-corrected chi connectivity index (χ4v) is 3.91. The van der Waals surface area contributed by atoms with E-state index in [1.54, 1.807) is 42.5 Å². The van der Waals surface area contributed by atoms with Gasteiger partial charge in [0.15, 0.2) is 0 Å². The van der Waals surface area contributed by atoms with Gasteiger partial charge >= 0.3 is 10.1 Å². The third-order valence-electron chi connectivity index (χ3n) is 4.25. The second kappa shape index (κ2) is 9.88. The topological polar surface area (TPSA) is 96.3 Å². The Bertz CT molecular complexity index is 1350. The van der Waals surface area contributed by atoms with Gasteiger partial charge in [-0.3, -0.25) is 4.79 Å². The van der Waals surface area contributed by atoms with Gasteiger partial charge < -0.3 is 9.50 Å². The Morgan fingerprint density at radius 3 is 2.44 bits per heavy atom. The van der Waals surface area contributed by atoms with Gasteiger partial charge in [-0.15, -0.1) is 0 Å². The fraction of sp³-hybridized carbons (Fsp3) is 0.0435. The quantitative estimate of drug-likeness (QED) is 0.277. The summed E-state index contributed by atoms with van der Waals surface area (Å²) in [5.74, 6) is -0.662. The molecular weight excluding hydrogens is 471 g/mol. The molecule has 0 saturated heterocycles. The predicted octanol–water partition coefficient (Wildman–Crippen LogP) is 5.62. The van der Waals surface area contributed by atoms with Crippen LogP contribution >= 0.6 is 23.2 Å². The number of halogens is 2. The maximum atomic E-state index is 12.5. The number of nitriles is 1. The summed E-state index contributed by atoms with van der Waals surface area (Å²) in [4.78, 5) is 12.5. The molecule has 0 spiro atoms. The molecule has 0 atom stereocenters. The molecule has 6 nitrogen and oxygen atoms in total. The number of nitrogens with zero attached hydrogens (tertiary/aromatic N) is 1. The van der Waals surface area contributed by atoms with E-state index in [1.807, 2.05) is 13.0 Å². The molecule has 32 heavy (non-hydrogen) atoms. The van der Waals surface area contributed by atoms with Crippen molar-refractivity contribution in [2.24, 2.45) is 0 Å². The Morgan fingerprint density at radius 1 is 1.06 bits per heavy atom. The van der Waals surface area contributed by atoms with E-state index in [2.05, 4.69) is 5.32 Å². The van der Waals surface area contributed by atoms with Gasteiger partial charge in [-0.2, -0.15) is 13.7 Å². The first kappa shape index (κ1) is 23.4. The molecule has 0 radical (unpaired) electrons. The lowest BCUT2D eigenvalue weighted by Crippen LogP contribution is -2.13. The second-order valence-corrected chi connectivity index (χ2v) is 8.98. The highest BCUT2D eigenvalue weighted by Gasteiger charge is 2.17. The van der Waals surface area contributed by atoms with Gasteiger partial charge in [0.2, 0.25) is 0 Å². The van der Waals surface area contributed by atoms with E-state index in [0.29, 0.717) is 5.56 Å². The Morgan fingerprint density at radius 2 is 1.75 bits per heavy atom. The van der Waals surface area contributed by atoms with Gasteiger partial charge in [0.25, 0.3) is 5.91 Å². The van der Waals surface area contributed by atoms with E-state index >= 15 is 0 Å². The van der Waals surface area contributed by atoms with Crippen LogP contribution in [0.3, 0.4) is 0 Å². The lowest BCUT2D eigenvalue weighted by molar-refractivity contribution is -0.112. The fourth-order valence-electron chi connectivity index (χ4n) is 2.64. The van der Waals surface area contributed by atoms with E-state index in [9.17, 15) is 18.5 Å². The summed E-state index contributed by atoms with van der Waals surface area (Å²) in [7, 11) is -4.04. The molecule has 1 N–H and O–H groups in total. The van der Waals surface area contributed by atoms with E-state index in [-0.39, 0.29) is 32.0 Å². The number of carbonyl (C=O) groups is 1. The summed E-state index contributed by atoms with van der Waals surface area (Å²) in [6, 6.07) is 18.8. The SMILES string of the molecule is Cc1ccc(S(=O)(=O)Oc2cccc(/C=C(\C#N)C(=O)Nc3cccc(Cl)c3Cl)c2)cc1. The van der Waals surface area contributed by atoms with Gasteiger partial charge in [-0.05, 0) is 55.0 Å². The molecule has 0 aromatic heterocycles. The van der Waals surface area contributed by atoms with Crippen LogP contribution in [0.4, 0.5) is 5.69 Å². The molecular formula is C23H16Cl2N2O4S. The van der Waals surface area contributed by atoms with Crippen molar-refractivity contribution in [2.45, 2.75) is 11.8 Å². The highest BCUT2D eigenvalue weighted by atomic mass is 35.5. The Hall–Kier alpha value is -3.31. The van der Waals surface area contributed by atoms with Crippen LogP contribution in [0.2, 0.25) is 10.0 Å². The summed E-state index contributed by atoms with van der Waals surface area (Å²) < 4.78 is 30.2. The maximum Gasteiger partial charge on any atom is 0.339 e. The van der Waals surface area contributed by atoms with Crippen LogP contribution in [-0.2, 0) is 14.9 Å². The molecule has 0 unspecified atom stereocenters. The number of hydrogen-bond donors (Lipinski definition) is 1. The lowest BCUT2D eigenvalue weighted by Gasteiger charge is -2.09. The standard InChI is InChI=1S/C23H16Cl2N2O4S/c1-15-8-10-19(11-9-15)32(29,30)31-18-5-2-4-16(13-18)12-17(14-26)23(28)27-21-7-3-6-20(24)22(21)25/h2-13H,1H3,(H,27,28)/b17-12+. The third kappa shape index (κ3) is 5.68. The number of carbonyl (C=O) groups excluding carboxylic acids is 1. The monoisotopic (exact) mass is 486 g/mol. The van der Waals surface area contributed by atoms with Crippen molar-refractivity contribution in [1.29, 1.82) is 5.26 Å². The summed E-state index contributed by atoms with van der Waals surface area (Å²) in [6.07, 6.45) is 1.30. The number of benzene rings is 3. The first-order valence-electron chi connectivity index (χ1n) is 9.18. The minimum Gasteiger partial charge on any atom is -0.379 e. The van der Waals surface area contributed by atoms with Crippen LogP contribution in [0.1, 0.15) is 11.1 Å². The van der Waals surface area contributed by atoms with Crippen molar-refractivity contribution in [3.63, 3.8) is 0 Å². The van der Waals surface area contributed by atoms with Gasteiger partial charge in [-0.25, -0.2) is 0 Å². The molecule has 9 heteroatoms. The van der Waals surface area contributed by atoms with Crippen LogP contribution in [0, 0.1) is 18.3 Å². The smallest absolute Gasteiger partial charge is 0.339 e. The zero-order chi connectivity index (χ0) is 23.3. The Labute approximate surface area is 195 Å². The number of rotatable bonds is 6. The van der Waals surface area contributed by atoms with Gasteiger partial charge in [0.1, 0.15) is 22.3 Å². The van der Waals surface area contributed by atoms with Crippen LogP contribution in [0.5, 0.6) is 5.75 Å². The van der Waals surface area contributed by atoms with Crippen LogP contribution in [0.15, 0.2) is 77.2 Å². The molecule has 0 saturated carbocycles. The molecule has 0 heterocycles. The van der Waals surface area contributed by atoms with E-state index in [0.717, 1.165) is 5.56 Å². The highest BCUT2D eigenvalue weighted by Crippen LogP contribution is 2.30. The molecule has 0 aliphatic heterocycles. The summed E-state index contributed by atoms with van der Waals surface area (Å²) >= 11 is 12.0. The maximum absolute atomic E-state index is 12.5. The van der Waals surface area contributed by atoms with Gasteiger partial charge in [0.05, 0.1) is 15.7 Å². The summed E-state index contributed by atoms with van der Waals surface area (Å²) in [6.45, 7) is 1.84. The van der Waals surface area contributed by atoms with Crippen LogP contribution in [-0.4, -0.2) is 14.3 Å². The highest BCUT2D eigenvalue weighted by molar-refractivity contribution is 7.87. The zero-order valence-electron chi connectivity index (χ0n) is 16.7. The molecule has 3 rings (SSSR count). The minimum absolute atomic E-state index is 0.0135. The molecule has 0 fully saturated rings. The number of nitrogens with one attached hydrogen (secondary N) is 1. The molecule has 0 aliphatic carbocycles. The van der Waals surface area contributed by atoms with Crippen molar-refractivity contribution in [1.82, 2.24) is 0 Å². The summed E-state index contributed by atoms with van der Waals surface area (Å²) in [5, 5.41) is 12.4. The third-order valence-corrected chi connectivity index (χ3v) is 6.33. The molecule has 3 aromatic carbocycles. The number of hydrogen-bond acceptors (Lipinski definition) is 5. The molecule has 3 aromatic rings. The van der Waals surface area contributed by atoms with Crippen molar-refractivity contribution >= 4 is 51.0 Å². The number of anilines is 1.